The van der Waals surface area contributed by atoms with Crippen LogP contribution in [0.4, 0.5) is 0 Å². The monoisotopic (exact) mass is 235 g/mol. The lowest BCUT2D eigenvalue weighted by Crippen LogP contribution is -2.08. The Kier molecular flexibility index (Phi) is 4.73. The molecular formula is C14H21NS. The molecular weight excluding hydrogens is 214 g/mol. The van der Waals surface area contributed by atoms with Gasteiger partial charge >= 0.3 is 0 Å². The largest absolute Gasteiger partial charge is 0.330 e. The normalized spacial score (nSPS) is 18.8. The van der Waals surface area contributed by atoms with Gasteiger partial charge in [-0.25, -0.2) is 0 Å². The third-order valence-corrected chi connectivity index (χ3v) is 4.95. The Morgan fingerprint density at radius 3 is 2.50 bits per heavy atom. The van der Waals surface area contributed by atoms with Crippen molar-refractivity contribution in [1.29, 1.82) is 0 Å². The molecule has 0 bridgehead atoms. The van der Waals surface area contributed by atoms with Crippen molar-refractivity contribution in [1.82, 2.24) is 0 Å². The van der Waals surface area contributed by atoms with Crippen LogP contribution >= 0.6 is 11.8 Å². The Bertz CT molecular complexity index is 293. The zero-order valence-corrected chi connectivity index (χ0v) is 10.6. The van der Waals surface area contributed by atoms with E-state index in [1.54, 1.807) is 0 Å². The summed E-state index contributed by atoms with van der Waals surface area (Å²) in [6.07, 6.45) is 6.74. The van der Waals surface area contributed by atoms with Crippen molar-refractivity contribution in [3.05, 3.63) is 35.9 Å². The second-order valence-electron chi connectivity index (χ2n) is 4.52. The first-order chi connectivity index (χ1) is 7.90. The zero-order chi connectivity index (χ0) is 11.2. The lowest BCUT2D eigenvalue weighted by molar-refractivity contribution is 0.799. The highest BCUT2D eigenvalue weighted by Gasteiger charge is 2.21. The lowest BCUT2D eigenvalue weighted by atomic mass is 10.1. The molecule has 0 aromatic heterocycles. The van der Waals surface area contributed by atoms with Crippen LogP contribution in [-0.2, 0) is 0 Å². The van der Waals surface area contributed by atoms with Crippen LogP contribution in [0.5, 0.6) is 0 Å². The van der Waals surface area contributed by atoms with E-state index in [1.807, 2.05) is 0 Å². The average Bonchev–Trinajstić information content (AvgIpc) is 2.83. The molecule has 1 unspecified atom stereocenters. The summed E-state index contributed by atoms with van der Waals surface area (Å²) in [5, 5.41) is 1.48. The van der Waals surface area contributed by atoms with Gasteiger partial charge in [0.2, 0.25) is 0 Å². The first-order valence-electron chi connectivity index (χ1n) is 6.30. The third-order valence-electron chi connectivity index (χ3n) is 3.26. The van der Waals surface area contributed by atoms with Gasteiger partial charge < -0.3 is 5.73 Å². The minimum atomic E-state index is 0.606. The van der Waals surface area contributed by atoms with E-state index in [-0.39, 0.29) is 0 Å². The maximum absolute atomic E-state index is 5.73. The van der Waals surface area contributed by atoms with Crippen molar-refractivity contribution < 1.29 is 0 Å². The van der Waals surface area contributed by atoms with E-state index in [0.29, 0.717) is 5.25 Å². The summed E-state index contributed by atoms with van der Waals surface area (Å²) in [6.45, 7) is 0.791. The molecule has 88 valence electrons. The van der Waals surface area contributed by atoms with Crippen LogP contribution in [0.15, 0.2) is 30.3 Å². The summed E-state index contributed by atoms with van der Waals surface area (Å²) >= 11 is 2.15. The summed E-state index contributed by atoms with van der Waals surface area (Å²) in [7, 11) is 0. The highest BCUT2D eigenvalue weighted by atomic mass is 32.2. The van der Waals surface area contributed by atoms with Gasteiger partial charge in [0.1, 0.15) is 0 Å². The molecule has 0 saturated heterocycles. The van der Waals surface area contributed by atoms with E-state index in [2.05, 4.69) is 42.1 Å². The van der Waals surface area contributed by atoms with Crippen molar-refractivity contribution in [3.63, 3.8) is 0 Å². The van der Waals surface area contributed by atoms with Gasteiger partial charge in [0.05, 0.1) is 0 Å². The Balaban J connectivity index is 1.99. The van der Waals surface area contributed by atoms with Gasteiger partial charge in [-0.2, -0.15) is 11.8 Å². The fraction of sp³-hybridized carbons (Fsp3) is 0.571. The predicted molar refractivity (Wildman–Crippen MR) is 72.7 cm³/mol. The number of rotatable bonds is 5. The Hall–Kier alpha value is -0.470. The van der Waals surface area contributed by atoms with E-state index in [4.69, 9.17) is 5.73 Å². The average molecular weight is 235 g/mol. The van der Waals surface area contributed by atoms with Crippen molar-refractivity contribution in [2.45, 2.75) is 42.6 Å². The molecule has 0 heterocycles. The fourth-order valence-corrected chi connectivity index (χ4v) is 4.05. The number of hydrogen-bond acceptors (Lipinski definition) is 2. The topological polar surface area (TPSA) is 26.0 Å². The number of nitrogens with two attached hydrogens (primary N) is 1. The van der Waals surface area contributed by atoms with E-state index >= 15 is 0 Å². The van der Waals surface area contributed by atoms with Gasteiger partial charge in [-0.3, -0.25) is 0 Å². The molecule has 0 spiro atoms. The second kappa shape index (κ2) is 6.31. The van der Waals surface area contributed by atoms with Gasteiger partial charge in [-0.05, 0) is 31.4 Å². The molecule has 1 aromatic rings. The predicted octanol–water partition coefficient (Wildman–Crippen LogP) is 3.75. The molecule has 16 heavy (non-hydrogen) atoms. The SMILES string of the molecule is NCCC(SC1CCCC1)c1ccccc1. The number of benzene rings is 1. The molecule has 1 nitrogen and oxygen atoms in total. The third kappa shape index (κ3) is 3.26. The molecule has 0 amide bonds. The molecule has 1 aromatic carbocycles. The molecule has 0 aliphatic heterocycles. The number of thioether (sulfide) groups is 1. The molecule has 1 atom stereocenters. The van der Waals surface area contributed by atoms with Crippen LogP contribution < -0.4 is 5.73 Å². The van der Waals surface area contributed by atoms with Crippen molar-refractivity contribution in [2.24, 2.45) is 5.73 Å². The van der Waals surface area contributed by atoms with Crippen LogP contribution in [0.25, 0.3) is 0 Å². The zero-order valence-electron chi connectivity index (χ0n) is 9.77. The van der Waals surface area contributed by atoms with Gasteiger partial charge in [-0.1, -0.05) is 43.2 Å². The minimum absolute atomic E-state index is 0.606. The first-order valence-corrected chi connectivity index (χ1v) is 7.25. The van der Waals surface area contributed by atoms with E-state index in [0.717, 1.165) is 18.2 Å². The van der Waals surface area contributed by atoms with Gasteiger partial charge in [-0.15, -0.1) is 0 Å². The molecule has 1 aliphatic rings. The lowest BCUT2D eigenvalue weighted by Gasteiger charge is -2.20. The summed E-state index contributed by atoms with van der Waals surface area (Å²) < 4.78 is 0. The van der Waals surface area contributed by atoms with Crippen molar-refractivity contribution >= 4 is 11.8 Å². The highest BCUT2D eigenvalue weighted by molar-refractivity contribution is 8.00. The molecule has 1 saturated carbocycles. The molecule has 2 N–H and O–H groups in total. The highest BCUT2D eigenvalue weighted by Crippen LogP contribution is 2.40. The van der Waals surface area contributed by atoms with Gasteiger partial charge in [0, 0.05) is 10.5 Å². The van der Waals surface area contributed by atoms with Crippen molar-refractivity contribution in [2.75, 3.05) is 6.54 Å². The van der Waals surface area contributed by atoms with Crippen LogP contribution in [0.3, 0.4) is 0 Å². The van der Waals surface area contributed by atoms with Gasteiger partial charge in [0.25, 0.3) is 0 Å². The van der Waals surface area contributed by atoms with Crippen molar-refractivity contribution in [3.8, 4) is 0 Å². The smallest absolute Gasteiger partial charge is 0.0312 e. The molecule has 2 heteroatoms. The van der Waals surface area contributed by atoms with Crippen LogP contribution in [0.2, 0.25) is 0 Å². The second-order valence-corrected chi connectivity index (χ2v) is 6.03. The molecule has 1 fully saturated rings. The van der Waals surface area contributed by atoms with Crippen LogP contribution in [0.1, 0.15) is 42.9 Å². The van der Waals surface area contributed by atoms with E-state index in [1.165, 1.54) is 31.2 Å². The standard InChI is InChI=1S/C14H21NS/c15-11-10-14(12-6-2-1-3-7-12)16-13-8-4-5-9-13/h1-3,6-7,13-14H,4-5,8-11,15H2. The first kappa shape index (κ1) is 12.0. The Labute approximate surface area is 103 Å². The maximum Gasteiger partial charge on any atom is 0.0312 e. The molecule has 0 radical (unpaired) electrons. The summed E-state index contributed by atoms with van der Waals surface area (Å²) in [6, 6.07) is 10.8. The fourth-order valence-electron chi connectivity index (χ4n) is 2.39. The minimum Gasteiger partial charge on any atom is -0.330 e. The van der Waals surface area contributed by atoms with Gasteiger partial charge in [0.15, 0.2) is 0 Å². The van der Waals surface area contributed by atoms with Crippen LogP contribution in [-0.4, -0.2) is 11.8 Å². The number of hydrogen-bond donors (Lipinski definition) is 1. The quantitative estimate of drug-likeness (QED) is 0.841. The molecule has 2 rings (SSSR count). The summed E-state index contributed by atoms with van der Waals surface area (Å²) in [5.41, 5.74) is 7.18. The maximum atomic E-state index is 5.73. The Morgan fingerprint density at radius 2 is 1.88 bits per heavy atom. The summed E-state index contributed by atoms with van der Waals surface area (Å²) in [5.74, 6) is 0. The van der Waals surface area contributed by atoms with Crippen LogP contribution in [0, 0.1) is 0 Å². The Morgan fingerprint density at radius 1 is 1.19 bits per heavy atom. The van der Waals surface area contributed by atoms with E-state index < -0.39 is 0 Å². The summed E-state index contributed by atoms with van der Waals surface area (Å²) in [4.78, 5) is 0. The van der Waals surface area contributed by atoms with E-state index in [9.17, 15) is 0 Å². The molecule has 1 aliphatic carbocycles.